The standard InChI is InChI=1S/C18H19BrN6OS/c1-18(2)10-25(17(26)24-18)8-7-20-16-21-9-11(19)14(23-16)15-22-12-5-3-4-6-13(12)27-15/h3-6,9H,7-8,10H2,1-2H3,(H,24,26)(H,20,21,23). The van der Waals surface area contributed by atoms with Gasteiger partial charge in [-0.3, -0.25) is 0 Å². The van der Waals surface area contributed by atoms with Gasteiger partial charge >= 0.3 is 6.03 Å². The molecule has 1 aliphatic heterocycles. The maximum absolute atomic E-state index is 11.9. The van der Waals surface area contributed by atoms with Crippen LogP contribution < -0.4 is 10.6 Å². The van der Waals surface area contributed by atoms with Crippen molar-refractivity contribution in [1.29, 1.82) is 0 Å². The van der Waals surface area contributed by atoms with Crippen LogP contribution in [0.15, 0.2) is 34.9 Å². The summed E-state index contributed by atoms with van der Waals surface area (Å²) >= 11 is 5.12. The van der Waals surface area contributed by atoms with Gasteiger partial charge in [-0.1, -0.05) is 12.1 Å². The average molecular weight is 447 g/mol. The van der Waals surface area contributed by atoms with E-state index in [9.17, 15) is 4.79 Å². The number of aromatic nitrogens is 3. The van der Waals surface area contributed by atoms with Gasteiger partial charge in [-0.25, -0.2) is 19.7 Å². The fraction of sp³-hybridized carbons (Fsp3) is 0.333. The molecule has 1 aliphatic rings. The third kappa shape index (κ3) is 3.89. The minimum atomic E-state index is -0.189. The van der Waals surface area contributed by atoms with E-state index in [-0.39, 0.29) is 11.6 Å². The predicted octanol–water partition coefficient (Wildman–Crippen LogP) is 3.73. The second-order valence-corrected chi connectivity index (χ2v) is 8.92. The average Bonchev–Trinajstić information content (AvgIpc) is 3.16. The van der Waals surface area contributed by atoms with Crippen molar-refractivity contribution >= 4 is 49.5 Å². The highest BCUT2D eigenvalue weighted by molar-refractivity contribution is 9.10. The molecular formula is C18H19BrN6OS. The number of rotatable bonds is 5. The van der Waals surface area contributed by atoms with Crippen molar-refractivity contribution in [3.05, 3.63) is 34.9 Å². The van der Waals surface area contributed by atoms with E-state index in [0.29, 0.717) is 25.6 Å². The van der Waals surface area contributed by atoms with Crippen LogP contribution in [0.4, 0.5) is 10.7 Å². The van der Waals surface area contributed by atoms with E-state index in [0.717, 1.165) is 25.4 Å². The van der Waals surface area contributed by atoms with Gasteiger partial charge in [-0.05, 0) is 41.9 Å². The molecule has 9 heteroatoms. The number of hydrogen-bond acceptors (Lipinski definition) is 6. The molecule has 0 aliphatic carbocycles. The van der Waals surface area contributed by atoms with Gasteiger partial charge in [0.2, 0.25) is 5.95 Å². The summed E-state index contributed by atoms with van der Waals surface area (Å²) in [7, 11) is 0. The molecule has 3 aromatic rings. The summed E-state index contributed by atoms with van der Waals surface area (Å²) in [5.41, 5.74) is 1.53. The van der Waals surface area contributed by atoms with Gasteiger partial charge in [0, 0.05) is 25.8 Å². The zero-order valence-corrected chi connectivity index (χ0v) is 17.4. The lowest BCUT2D eigenvalue weighted by Gasteiger charge is -2.18. The third-order valence-corrected chi connectivity index (χ3v) is 5.85. The molecule has 2 aromatic heterocycles. The van der Waals surface area contributed by atoms with Crippen molar-refractivity contribution in [1.82, 2.24) is 25.2 Å². The number of carbonyl (C=O) groups excluding carboxylic acids is 1. The molecule has 0 spiro atoms. The summed E-state index contributed by atoms with van der Waals surface area (Å²) < 4.78 is 1.92. The van der Waals surface area contributed by atoms with E-state index >= 15 is 0 Å². The molecular weight excluding hydrogens is 428 g/mol. The number of benzene rings is 1. The second-order valence-electron chi connectivity index (χ2n) is 7.04. The van der Waals surface area contributed by atoms with Crippen LogP contribution in [0.2, 0.25) is 0 Å². The Labute approximate surface area is 169 Å². The highest BCUT2D eigenvalue weighted by atomic mass is 79.9. The first-order chi connectivity index (χ1) is 12.9. The van der Waals surface area contributed by atoms with Crippen LogP contribution in [0.3, 0.4) is 0 Å². The number of amides is 2. The fourth-order valence-corrected chi connectivity index (χ4v) is 4.50. The highest BCUT2D eigenvalue weighted by Crippen LogP contribution is 2.33. The van der Waals surface area contributed by atoms with Gasteiger partial charge < -0.3 is 15.5 Å². The van der Waals surface area contributed by atoms with Crippen LogP contribution >= 0.6 is 27.3 Å². The van der Waals surface area contributed by atoms with Crippen molar-refractivity contribution in [2.24, 2.45) is 0 Å². The summed E-state index contributed by atoms with van der Waals surface area (Å²) in [5, 5.41) is 7.00. The number of halogens is 1. The van der Waals surface area contributed by atoms with Gasteiger partial charge in [-0.2, -0.15) is 0 Å². The predicted molar refractivity (Wildman–Crippen MR) is 111 cm³/mol. The number of carbonyl (C=O) groups is 1. The number of thiazole rings is 1. The number of nitrogens with one attached hydrogen (secondary N) is 2. The monoisotopic (exact) mass is 446 g/mol. The van der Waals surface area contributed by atoms with Crippen LogP contribution in [-0.2, 0) is 0 Å². The Bertz CT molecular complexity index is 971. The first-order valence-corrected chi connectivity index (χ1v) is 10.2. The minimum absolute atomic E-state index is 0.0336. The summed E-state index contributed by atoms with van der Waals surface area (Å²) in [6.45, 7) is 5.88. The van der Waals surface area contributed by atoms with Crippen molar-refractivity contribution in [2.75, 3.05) is 25.0 Å². The number of fused-ring (bicyclic) bond motifs is 1. The van der Waals surface area contributed by atoms with Gasteiger partial charge in [0.1, 0.15) is 10.7 Å². The highest BCUT2D eigenvalue weighted by Gasteiger charge is 2.34. The summed E-state index contributed by atoms with van der Waals surface area (Å²) in [5.74, 6) is 0.520. The molecule has 0 bridgehead atoms. The number of anilines is 1. The van der Waals surface area contributed by atoms with E-state index in [4.69, 9.17) is 0 Å². The molecule has 2 amide bonds. The summed E-state index contributed by atoms with van der Waals surface area (Å²) in [4.78, 5) is 27.3. The number of hydrogen-bond donors (Lipinski definition) is 2. The van der Waals surface area contributed by atoms with Gasteiger partial charge in [0.05, 0.1) is 20.2 Å². The largest absolute Gasteiger partial charge is 0.352 e. The Morgan fingerprint density at radius 2 is 2.15 bits per heavy atom. The lowest BCUT2D eigenvalue weighted by Crippen LogP contribution is -2.36. The molecule has 0 saturated carbocycles. The zero-order chi connectivity index (χ0) is 19.0. The quantitative estimate of drug-likeness (QED) is 0.623. The van der Waals surface area contributed by atoms with Crippen LogP contribution in [0.5, 0.6) is 0 Å². The molecule has 0 atom stereocenters. The van der Waals surface area contributed by atoms with Crippen molar-refractivity contribution < 1.29 is 4.79 Å². The topological polar surface area (TPSA) is 83.0 Å². The first kappa shape index (κ1) is 18.1. The van der Waals surface area contributed by atoms with E-state index in [1.807, 2.05) is 38.1 Å². The lowest BCUT2D eigenvalue weighted by molar-refractivity contribution is 0.219. The molecule has 27 heavy (non-hydrogen) atoms. The maximum atomic E-state index is 11.9. The molecule has 140 valence electrons. The number of urea groups is 1. The van der Waals surface area contributed by atoms with Crippen LogP contribution in [-0.4, -0.2) is 51.1 Å². The molecule has 0 radical (unpaired) electrons. The van der Waals surface area contributed by atoms with E-state index in [1.165, 1.54) is 0 Å². The SMILES string of the molecule is CC1(C)CN(CCNc2ncc(Br)c(-c3nc4ccccc4s3)n2)C(=O)N1. The van der Waals surface area contributed by atoms with Gasteiger partial charge in [-0.15, -0.1) is 11.3 Å². The van der Waals surface area contributed by atoms with E-state index in [2.05, 4.69) is 41.5 Å². The molecule has 4 rings (SSSR count). The van der Waals surface area contributed by atoms with Crippen LogP contribution in [0, 0.1) is 0 Å². The summed E-state index contributed by atoms with van der Waals surface area (Å²) in [6.07, 6.45) is 1.72. The third-order valence-electron chi connectivity index (χ3n) is 4.22. The van der Waals surface area contributed by atoms with Crippen molar-refractivity contribution in [3.8, 4) is 10.7 Å². The molecule has 2 N–H and O–H groups in total. The lowest BCUT2D eigenvalue weighted by atomic mass is 10.1. The molecule has 1 fully saturated rings. The first-order valence-electron chi connectivity index (χ1n) is 8.61. The van der Waals surface area contributed by atoms with E-state index in [1.54, 1.807) is 22.4 Å². The Balaban J connectivity index is 1.47. The van der Waals surface area contributed by atoms with Crippen molar-refractivity contribution in [2.45, 2.75) is 19.4 Å². The Morgan fingerprint density at radius 1 is 1.33 bits per heavy atom. The second kappa shape index (κ2) is 7.05. The maximum Gasteiger partial charge on any atom is 0.318 e. The van der Waals surface area contributed by atoms with Crippen molar-refractivity contribution in [3.63, 3.8) is 0 Å². The van der Waals surface area contributed by atoms with Crippen LogP contribution in [0.25, 0.3) is 20.9 Å². The number of para-hydroxylation sites is 1. The van der Waals surface area contributed by atoms with E-state index < -0.39 is 0 Å². The molecule has 1 aromatic carbocycles. The van der Waals surface area contributed by atoms with Gasteiger partial charge in [0.15, 0.2) is 0 Å². The molecule has 7 nitrogen and oxygen atoms in total. The normalized spacial score (nSPS) is 16.0. The Morgan fingerprint density at radius 3 is 2.89 bits per heavy atom. The minimum Gasteiger partial charge on any atom is -0.352 e. The van der Waals surface area contributed by atoms with Gasteiger partial charge in [0.25, 0.3) is 0 Å². The smallest absolute Gasteiger partial charge is 0.318 e. The fourth-order valence-electron chi connectivity index (χ4n) is 3.02. The molecule has 3 heterocycles. The Kier molecular flexibility index (Phi) is 4.73. The molecule has 1 saturated heterocycles. The molecule has 0 unspecified atom stereocenters. The Hall–Kier alpha value is -2.26. The van der Waals surface area contributed by atoms with Crippen LogP contribution in [0.1, 0.15) is 13.8 Å². The zero-order valence-electron chi connectivity index (χ0n) is 15.0. The number of nitrogens with zero attached hydrogens (tertiary/aromatic N) is 4. The summed E-state index contributed by atoms with van der Waals surface area (Å²) in [6, 6.07) is 7.99.